The fourth-order valence-electron chi connectivity index (χ4n) is 3.09. The molecule has 118 valence electrons. The van der Waals surface area contributed by atoms with Crippen LogP contribution in [0.2, 0.25) is 0 Å². The van der Waals surface area contributed by atoms with Gasteiger partial charge >= 0.3 is 6.18 Å². The minimum Gasteiger partial charge on any atom is -0.271 e. The molecule has 2 saturated carbocycles. The van der Waals surface area contributed by atoms with Gasteiger partial charge in [-0.05, 0) is 18.3 Å². The van der Waals surface area contributed by atoms with Crippen molar-refractivity contribution in [1.82, 2.24) is 9.78 Å². The molecule has 0 aliphatic heterocycles. The van der Waals surface area contributed by atoms with Crippen LogP contribution >= 0.6 is 0 Å². The van der Waals surface area contributed by atoms with Crippen molar-refractivity contribution in [2.45, 2.75) is 56.9 Å². The molecule has 0 radical (unpaired) electrons. The van der Waals surface area contributed by atoms with E-state index in [0.717, 1.165) is 10.9 Å². The van der Waals surface area contributed by atoms with Crippen LogP contribution in [-0.2, 0) is 18.4 Å². The highest BCUT2D eigenvalue weighted by Crippen LogP contribution is 2.54. The molecule has 1 heterocycles. The molecule has 2 fully saturated rings. The Morgan fingerprint density at radius 2 is 1.76 bits per heavy atom. The number of alkyl halides is 6. The van der Waals surface area contributed by atoms with E-state index >= 15 is 0 Å². The molecular formula is C13H14F6N2. The molecule has 2 nitrogen and oxygen atoms in total. The van der Waals surface area contributed by atoms with Gasteiger partial charge in [-0.15, -0.1) is 0 Å². The van der Waals surface area contributed by atoms with Crippen molar-refractivity contribution in [2.24, 2.45) is 5.41 Å². The van der Waals surface area contributed by atoms with Gasteiger partial charge in [-0.2, -0.15) is 18.3 Å². The highest BCUT2D eigenvalue weighted by molar-refractivity contribution is 5.30. The Bertz CT molecular complexity index is 539. The van der Waals surface area contributed by atoms with E-state index in [0.29, 0.717) is 0 Å². The number of rotatable bonds is 3. The first kappa shape index (κ1) is 14.7. The van der Waals surface area contributed by atoms with Crippen LogP contribution < -0.4 is 0 Å². The number of hydrogen-bond acceptors (Lipinski definition) is 1. The van der Waals surface area contributed by atoms with Gasteiger partial charge in [0.05, 0.1) is 5.56 Å². The summed E-state index contributed by atoms with van der Waals surface area (Å²) in [6.07, 6.45) is -4.71. The summed E-state index contributed by atoms with van der Waals surface area (Å²) in [6.45, 7) is 1.50. The molecule has 1 aromatic heterocycles. The van der Waals surface area contributed by atoms with Crippen LogP contribution in [0.3, 0.4) is 0 Å². The van der Waals surface area contributed by atoms with E-state index < -0.39 is 47.3 Å². The topological polar surface area (TPSA) is 17.8 Å². The van der Waals surface area contributed by atoms with Crippen LogP contribution in [0, 0.1) is 5.41 Å². The maximum atomic E-state index is 14.0. The molecule has 1 aromatic rings. The highest BCUT2D eigenvalue weighted by atomic mass is 19.4. The van der Waals surface area contributed by atoms with E-state index in [2.05, 4.69) is 5.10 Å². The molecule has 0 saturated heterocycles. The molecule has 0 aromatic carbocycles. The zero-order valence-electron chi connectivity index (χ0n) is 11.3. The molecule has 2 aliphatic carbocycles. The van der Waals surface area contributed by atoms with E-state index in [1.807, 2.05) is 0 Å². The van der Waals surface area contributed by atoms with Crippen molar-refractivity contribution in [3.05, 3.63) is 17.5 Å². The number of nitrogens with zero attached hydrogens (tertiary/aromatic N) is 2. The maximum absolute atomic E-state index is 14.0. The van der Waals surface area contributed by atoms with Crippen LogP contribution in [0.4, 0.5) is 26.3 Å². The molecule has 3 rings (SSSR count). The van der Waals surface area contributed by atoms with Crippen LogP contribution in [0.25, 0.3) is 0 Å². The Morgan fingerprint density at radius 3 is 2.19 bits per heavy atom. The molecule has 2 aliphatic rings. The van der Waals surface area contributed by atoms with E-state index in [-0.39, 0.29) is 19.4 Å². The molecule has 0 N–H and O–H groups in total. The summed E-state index contributed by atoms with van der Waals surface area (Å²) in [5.41, 5.74) is -4.52. The van der Waals surface area contributed by atoms with Gasteiger partial charge in [0.25, 0.3) is 0 Å². The lowest BCUT2D eigenvalue weighted by Crippen LogP contribution is -2.46. The van der Waals surface area contributed by atoms with Gasteiger partial charge < -0.3 is 0 Å². The summed E-state index contributed by atoms with van der Waals surface area (Å²) in [4.78, 5) is 0. The molecule has 0 unspecified atom stereocenters. The second kappa shape index (κ2) is 3.95. The fraction of sp³-hybridized carbons (Fsp3) is 0.769. The van der Waals surface area contributed by atoms with E-state index in [9.17, 15) is 26.3 Å². The minimum atomic E-state index is -4.69. The largest absolute Gasteiger partial charge is 0.419 e. The van der Waals surface area contributed by atoms with Gasteiger partial charge in [0.1, 0.15) is 5.69 Å². The third-order valence-corrected chi connectivity index (χ3v) is 4.09. The van der Waals surface area contributed by atoms with E-state index in [1.165, 1.54) is 0 Å². The summed E-state index contributed by atoms with van der Waals surface area (Å²) >= 11 is 0. The lowest BCUT2D eigenvalue weighted by atomic mass is 9.67. The maximum Gasteiger partial charge on any atom is 0.419 e. The summed E-state index contributed by atoms with van der Waals surface area (Å²) in [7, 11) is 0. The Hall–Kier alpha value is -1.21. The summed E-state index contributed by atoms with van der Waals surface area (Å²) in [6, 6.07) is 0. The van der Waals surface area contributed by atoms with Gasteiger partial charge in [-0.3, -0.25) is 4.68 Å². The highest BCUT2D eigenvalue weighted by Gasteiger charge is 2.55. The van der Waals surface area contributed by atoms with Crippen molar-refractivity contribution in [3.63, 3.8) is 0 Å². The molecule has 0 spiro atoms. The molecular weight excluding hydrogens is 298 g/mol. The van der Waals surface area contributed by atoms with Gasteiger partial charge in [-0.1, -0.05) is 6.92 Å². The van der Waals surface area contributed by atoms with Gasteiger partial charge in [0.15, 0.2) is 5.67 Å². The second-order valence-electron chi connectivity index (χ2n) is 6.57. The predicted octanol–water partition coefficient (Wildman–Crippen LogP) is 4.30. The molecule has 0 amide bonds. The van der Waals surface area contributed by atoms with Crippen molar-refractivity contribution >= 4 is 0 Å². The molecule has 0 bridgehead atoms. The summed E-state index contributed by atoms with van der Waals surface area (Å²) in [5.74, 6) is -2.77. The lowest BCUT2D eigenvalue weighted by molar-refractivity contribution is -0.160. The van der Waals surface area contributed by atoms with Crippen LogP contribution in [0.1, 0.15) is 43.9 Å². The Balaban J connectivity index is 1.86. The molecule has 0 atom stereocenters. The predicted molar refractivity (Wildman–Crippen MR) is 61.5 cm³/mol. The average Bonchev–Trinajstić information content (AvgIpc) is 2.84. The minimum absolute atomic E-state index is 0.0163. The van der Waals surface area contributed by atoms with Gasteiger partial charge in [-0.25, -0.2) is 13.2 Å². The first-order valence-corrected chi connectivity index (χ1v) is 6.65. The normalized spacial score (nSPS) is 25.5. The quantitative estimate of drug-likeness (QED) is 0.761. The second-order valence-corrected chi connectivity index (χ2v) is 6.57. The Kier molecular flexibility index (Phi) is 2.77. The summed E-state index contributed by atoms with van der Waals surface area (Å²) < 4.78 is 79.6. The van der Waals surface area contributed by atoms with E-state index in [1.54, 1.807) is 6.92 Å². The average molecular weight is 312 g/mol. The van der Waals surface area contributed by atoms with Crippen molar-refractivity contribution in [2.75, 3.05) is 0 Å². The number of hydrogen-bond donors (Lipinski definition) is 0. The first-order chi connectivity index (χ1) is 9.43. The van der Waals surface area contributed by atoms with Crippen molar-refractivity contribution in [3.8, 4) is 0 Å². The van der Waals surface area contributed by atoms with Gasteiger partial charge in [0, 0.05) is 25.6 Å². The SMILES string of the molecule is CC1(Cn2cc(C(F)(F)F)c(C3(F)CC3)n2)CC(F)(F)C1. The lowest BCUT2D eigenvalue weighted by Gasteiger charge is -2.44. The van der Waals surface area contributed by atoms with Crippen LogP contribution in [0.5, 0.6) is 0 Å². The third kappa shape index (κ3) is 2.64. The van der Waals surface area contributed by atoms with E-state index in [4.69, 9.17) is 0 Å². The zero-order valence-corrected chi connectivity index (χ0v) is 11.3. The third-order valence-electron chi connectivity index (χ3n) is 4.09. The Labute approximate surface area is 117 Å². The first-order valence-electron chi connectivity index (χ1n) is 6.65. The smallest absolute Gasteiger partial charge is 0.271 e. The zero-order chi connectivity index (χ0) is 15.7. The standard InChI is InChI=1S/C13H14F6N2/c1-10(5-12(15,16)6-10)7-21-4-8(13(17,18)19)9(20-21)11(14)2-3-11/h4H,2-3,5-7H2,1H3. The molecule has 8 heteroatoms. The van der Waals surface area contributed by atoms with Crippen molar-refractivity contribution < 1.29 is 26.3 Å². The van der Waals surface area contributed by atoms with Gasteiger partial charge in [0.2, 0.25) is 5.92 Å². The number of halogens is 6. The summed E-state index contributed by atoms with van der Waals surface area (Å²) in [5, 5.41) is 3.70. The van der Waals surface area contributed by atoms with Crippen molar-refractivity contribution in [1.29, 1.82) is 0 Å². The van der Waals surface area contributed by atoms with Crippen LogP contribution in [-0.4, -0.2) is 15.7 Å². The van der Waals surface area contributed by atoms with Crippen LogP contribution in [0.15, 0.2) is 6.20 Å². The number of aromatic nitrogens is 2. The Morgan fingerprint density at radius 1 is 1.19 bits per heavy atom. The monoisotopic (exact) mass is 312 g/mol. The molecule has 21 heavy (non-hydrogen) atoms. The fourth-order valence-corrected chi connectivity index (χ4v) is 3.09.